The van der Waals surface area contributed by atoms with Gasteiger partial charge >= 0.3 is 0 Å². The van der Waals surface area contributed by atoms with E-state index < -0.39 is 14.3 Å². The van der Waals surface area contributed by atoms with Crippen LogP contribution in [-0.2, 0) is 20.0 Å². The average molecular weight is 953 g/mol. The molecule has 0 radical (unpaired) electrons. The van der Waals surface area contributed by atoms with Gasteiger partial charge in [-0.2, -0.15) is 0 Å². The summed E-state index contributed by atoms with van der Waals surface area (Å²) < 4.78 is 31.4. The van der Waals surface area contributed by atoms with Gasteiger partial charge < -0.3 is 18.9 Å². The van der Waals surface area contributed by atoms with Crippen molar-refractivity contribution < 1.29 is 9.13 Å². The fraction of sp³-hybridized carbons (Fsp3) is 0.100. The fourth-order valence-corrected chi connectivity index (χ4v) is 20.8. The highest BCUT2D eigenvalue weighted by Gasteiger charge is 2.45. The summed E-state index contributed by atoms with van der Waals surface area (Å²) in [6.07, 6.45) is 0. The van der Waals surface area contributed by atoms with E-state index in [0.29, 0.717) is 0 Å². The first kappa shape index (κ1) is 41.9. The van der Waals surface area contributed by atoms with Gasteiger partial charge in [0.2, 0.25) is 0 Å². The number of hydrogen-bond acceptors (Lipinski definition) is 6. The molecule has 8 heteroatoms. The molecule has 0 N–H and O–H groups in total. The third-order valence-electron chi connectivity index (χ3n) is 14.7. The van der Waals surface area contributed by atoms with Crippen molar-refractivity contribution in [2.75, 3.05) is 9.80 Å². The van der Waals surface area contributed by atoms with Crippen molar-refractivity contribution in [1.29, 1.82) is 0 Å². The minimum Gasteiger partial charge on any atom is -0.310 e. The average Bonchev–Trinajstić information content (AvgIpc) is 3.37. The molecular weight excluding hydrogens is 907 g/mol. The van der Waals surface area contributed by atoms with Crippen LogP contribution in [-0.4, -0.2) is 0 Å². The number of anilines is 6. The molecule has 9 aromatic rings. The van der Waals surface area contributed by atoms with Crippen LogP contribution in [0.5, 0.6) is 0 Å². The molecule has 0 fully saturated rings. The summed E-state index contributed by atoms with van der Waals surface area (Å²) in [4.78, 5) is 8.99. The second kappa shape index (κ2) is 15.1. The van der Waals surface area contributed by atoms with Crippen molar-refractivity contribution in [2.45, 2.75) is 58.1 Å². The summed E-state index contributed by atoms with van der Waals surface area (Å²) in [6.45, 7) is 9.41. The zero-order valence-corrected chi connectivity index (χ0v) is 41.5. The summed E-state index contributed by atoms with van der Waals surface area (Å²) in [5.41, 5.74) is 10.8. The molecule has 0 aliphatic carbocycles. The minimum atomic E-state index is -3.17. The third kappa shape index (κ3) is 5.85. The highest BCUT2D eigenvalue weighted by Crippen LogP contribution is 2.61. The van der Waals surface area contributed by atoms with Crippen LogP contribution in [0.2, 0.25) is 0 Å². The maximum absolute atomic E-state index is 15.7. The van der Waals surface area contributed by atoms with Crippen LogP contribution in [0, 0.1) is 0 Å². The van der Waals surface area contributed by atoms with Crippen LogP contribution in [0.15, 0.2) is 226 Å². The van der Waals surface area contributed by atoms with E-state index >= 15 is 9.13 Å². The summed E-state index contributed by atoms with van der Waals surface area (Å²) in [5.74, 6) is 0. The molecular formula is C60H46N2O2P2S2. The molecule has 13 rings (SSSR count). The fourth-order valence-electron chi connectivity index (χ4n) is 11.4. The van der Waals surface area contributed by atoms with E-state index in [4.69, 9.17) is 0 Å². The van der Waals surface area contributed by atoms with E-state index in [2.05, 4.69) is 147 Å². The summed E-state index contributed by atoms with van der Waals surface area (Å²) in [5, 5.41) is 5.27. The van der Waals surface area contributed by atoms with Gasteiger partial charge in [0.1, 0.15) is 0 Å². The topological polar surface area (TPSA) is 40.6 Å². The smallest absolute Gasteiger partial charge is 0.173 e. The Morgan fingerprint density at radius 1 is 0.338 bits per heavy atom. The molecule has 0 aromatic heterocycles. The predicted molar refractivity (Wildman–Crippen MR) is 287 cm³/mol. The first-order valence-electron chi connectivity index (χ1n) is 23.1. The summed E-state index contributed by atoms with van der Waals surface area (Å²) in [7, 11) is -6.34. The van der Waals surface area contributed by atoms with Crippen LogP contribution in [0.1, 0.15) is 49.9 Å². The predicted octanol–water partition coefficient (Wildman–Crippen LogP) is 14.1. The van der Waals surface area contributed by atoms with Crippen molar-refractivity contribution in [3.63, 3.8) is 0 Å². The Labute approximate surface area is 406 Å². The van der Waals surface area contributed by atoms with Crippen LogP contribution >= 0.6 is 37.8 Å². The van der Waals surface area contributed by atoms with Crippen LogP contribution in [0.25, 0.3) is 0 Å². The minimum absolute atomic E-state index is 0.368. The van der Waals surface area contributed by atoms with Gasteiger partial charge in [0.05, 0.1) is 22.7 Å². The Morgan fingerprint density at radius 3 is 1.12 bits per heavy atom. The third-order valence-corrected chi connectivity index (χ3v) is 23.9. The SMILES string of the molecule is CC1(C)c2ccccc2N(c2ccc3c(c2)Sc2ccccc2P3(=O)c2ccccc2)c2cc3c(cc21)N(c1ccc2c(c1)Sc1ccccc1P2(=O)c1ccccc1)c1ccccc1C3(C)C. The quantitative estimate of drug-likeness (QED) is 0.164. The molecule has 4 aliphatic rings. The van der Waals surface area contributed by atoms with Crippen LogP contribution < -0.4 is 41.6 Å². The van der Waals surface area contributed by atoms with Gasteiger partial charge in [0.15, 0.2) is 14.3 Å². The van der Waals surface area contributed by atoms with Crippen molar-refractivity contribution >= 4 is 104 Å². The zero-order chi connectivity index (χ0) is 46.2. The molecule has 0 saturated carbocycles. The highest BCUT2D eigenvalue weighted by molar-refractivity contribution is 8.03. The maximum Gasteiger partial charge on any atom is 0.173 e. The summed E-state index contributed by atoms with van der Waals surface area (Å²) in [6, 6.07) is 72.2. The van der Waals surface area contributed by atoms with Gasteiger partial charge in [-0.25, -0.2) is 0 Å². The lowest BCUT2D eigenvalue weighted by molar-refractivity contribution is 0.591. The van der Waals surface area contributed by atoms with Gasteiger partial charge in [-0.3, -0.25) is 0 Å². The highest BCUT2D eigenvalue weighted by atomic mass is 32.2. The number of fused-ring (bicyclic) bond motifs is 8. The number of hydrogen-bond donors (Lipinski definition) is 0. The number of nitrogens with zero attached hydrogens (tertiary/aromatic N) is 2. The Balaban J connectivity index is 1.01. The van der Waals surface area contributed by atoms with Gasteiger partial charge in [0, 0.05) is 73.6 Å². The molecule has 4 heterocycles. The molecule has 0 spiro atoms. The Bertz CT molecular complexity index is 3440. The normalized spacial score (nSPS) is 19.8. The second-order valence-corrected chi connectivity index (χ2v) is 26.7. The number of rotatable bonds is 4. The number of benzene rings is 9. The second-order valence-electron chi connectivity index (χ2n) is 19.2. The molecule has 330 valence electrons. The van der Waals surface area contributed by atoms with E-state index in [1.807, 2.05) is 97.1 Å². The lowest BCUT2D eigenvalue weighted by atomic mass is 9.69. The van der Waals surface area contributed by atoms with Gasteiger partial charge in [0.25, 0.3) is 0 Å². The van der Waals surface area contributed by atoms with Crippen molar-refractivity contribution in [3.05, 3.63) is 229 Å². The first-order chi connectivity index (χ1) is 33.0. The monoisotopic (exact) mass is 952 g/mol. The Morgan fingerprint density at radius 2 is 0.691 bits per heavy atom. The first-order valence-corrected chi connectivity index (χ1v) is 28.2. The Kier molecular flexibility index (Phi) is 9.31. The van der Waals surface area contributed by atoms with Crippen molar-refractivity contribution in [2.24, 2.45) is 0 Å². The number of para-hydroxylation sites is 2. The largest absolute Gasteiger partial charge is 0.310 e. The van der Waals surface area contributed by atoms with Gasteiger partial charge in [-0.05, 0) is 107 Å². The molecule has 9 aromatic carbocycles. The van der Waals surface area contributed by atoms with Gasteiger partial charge in [-0.1, -0.05) is 173 Å². The molecule has 0 amide bonds. The van der Waals surface area contributed by atoms with Crippen LogP contribution in [0.4, 0.5) is 34.1 Å². The molecule has 2 atom stereocenters. The molecule has 4 nitrogen and oxygen atoms in total. The van der Waals surface area contributed by atoms with E-state index in [9.17, 15) is 0 Å². The zero-order valence-electron chi connectivity index (χ0n) is 38.1. The molecule has 4 aliphatic heterocycles. The van der Waals surface area contributed by atoms with E-state index in [1.54, 1.807) is 23.5 Å². The van der Waals surface area contributed by atoms with E-state index in [0.717, 1.165) is 85.5 Å². The van der Waals surface area contributed by atoms with E-state index in [-0.39, 0.29) is 10.8 Å². The van der Waals surface area contributed by atoms with Crippen molar-refractivity contribution in [3.8, 4) is 0 Å². The molecule has 68 heavy (non-hydrogen) atoms. The van der Waals surface area contributed by atoms with Crippen molar-refractivity contribution in [1.82, 2.24) is 0 Å². The summed E-state index contributed by atoms with van der Waals surface area (Å²) >= 11 is 3.42. The molecule has 2 unspecified atom stereocenters. The van der Waals surface area contributed by atoms with Crippen LogP contribution in [0.3, 0.4) is 0 Å². The lowest BCUT2D eigenvalue weighted by Crippen LogP contribution is -2.35. The van der Waals surface area contributed by atoms with E-state index in [1.165, 1.54) is 22.3 Å². The maximum atomic E-state index is 15.7. The Hall–Kier alpha value is -6.26. The molecule has 0 bridgehead atoms. The standard InChI is InChI=1S/C60H46N2O2P2S2/c1-59(2)43-23-11-13-25-47(43)61(39-31-33-53-57(35-39)67-55-29-17-15-27-51(55)65(53,63)41-19-7-5-8-20-41)49-38-46-50(37-45(49)59)62(48-26-14-12-24-44(48)60(46,3)4)40-32-34-54-58(36-40)68-56-30-18-16-28-52(56)66(54,64)42-21-9-6-10-22-42/h5-38H,1-4H3. The lowest BCUT2D eigenvalue weighted by Gasteiger charge is -2.47. The molecule has 0 saturated heterocycles. The van der Waals surface area contributed by atoms with Gasteiger partial charge in [-0.15, -0.1) is 0 Å².